The molecule has 2 aromatic heterocycles. The highest BCUT2D eigenvalue weighted by atomic mass is 15.0. The van der Waals surface area contributed by atoms with Crippen molar-refractivity contribution in [1.82, 2.24) is 9.13 Å². The smallest absolute Gasteiger partial charge is 0.195 e. The van der Waals surface area contributed by atoms with Crippen LogP contribution >= 0.6 is 0 Å². The van der Waals surface area contributed by atoms with E-state index in [9.17, 15) is 0 Å². The van der Waals surface area contributed by atoms with E-state index in [1.165, 1.54) is 21.5 Å². The first-order valence-electron chi connectivity index (χ1n) is 13.4. The van der Waals surface area contributed by atoms with Crippen molar-refractivity contribution >= 4 is 49.3 Å². The van der Waals surface area contributed by atoms with Gasteiger partial charge in [0.2, 0.25) is 0 Å². The van der Waals surface area contributed by atoms with Crippen molar-refractivity contribution in [2.45, 2.75) is 0 Å². The highest BCUT2D eigenvalue weighted by Crippen LogP contribution is 2.41. The van der Waals surface area contributed by atoms with E-state index in [0.29, 0.717) is 5.69 Å². The molecule has 0 radical (unpaired) electrons. The molecule has 2 heterocycles. The summed E-state index contributed by atoms with van der Waals surface area (Å²) in [6, 6.07) is 48.8. The molecule has 6 aromatic carbocycles. The number of aromatic nitrogens is 2. The Bertz CT molecular complexity index is 2180. The maximum Gasteiger partial charge on any atom is 0.195 e. The molecule has 3 nitrogen and oxygen atoms in total. The second-order valence-corrected chi connectivity index (χ2v) is 10.1. The van der Waals surface area contributed by atoms with E-state index in [2.05, 4.69) is 147 Å². The van der Waals surface area contributed by atoms with Gasteiger partial charge in [0.25, 0.3) is 0 Å². The van der Waals surface area contributed by atoms with Crippen LogP contribution in [-0.4, -0.2) is 9.13 Å². The Hall–Kier alpha value is -5.59. The Morgan fingerprint density at radius 2 is 0.875 bits per heavy atom. The van der Waals surface area contributed by atoms with Crippen molar-refractivity contribution in [2.75, 3.05) is 0 Å². The maximum absolute atomic E-state index is 8.06. The summed E-state index contributed by atoms with van der Waals surface area (Å²) in [5.41, 5.74) is 9.30. The van der Waals surface area contributed by atoms with Crippen molar-refractivity contribution in [1.29, 1.82) is 0 Å². The number of para-hydroxylation sites is 5. The van der Waals surface area contributed by atoms with E-state index in [1.807, 2.05) is 6.07 Å². The molecule has 0 unspecified atom stereocenters. The van der Waals surface area contributed by atoms with Crippen LogP contribution in [0.5, 0.6) is 0 Å². The molecular weight excluding hydrogens is 486 g/mol. The van der Waals surface area contributed by atoms with E-state index >= 15 is 0 Å². The molecule has 3 heteroatoms. The zero-order chi connectivity index (χ0) is 26.6. The first-order chi connectivity index (χ1) is 19.8. The van der Waals surface area contributed by atoms with E-state index in [0.717, 1.165) is 44.6 Å². The van der Waals surface area contributed by atoms with Gasteiger partial charge in [-0.15, -0.1) is 0 Å². The summed E-state index contributed by atoms with van der Waals surface area (Å²) in [5, 5.41) is 4.88. The zero-order valence-corrected chi connectivity index (χ0v) is 21.6. The molecule has 0 saturated carbocycles. The summed E-state index contributed by atoms with van der Waals surface area (Å²) >= 11 is 0. The largest absolute Gasteiger partial charge is 0.309 e. The number of hydrogen-bond donors (Lipinski definition) is 0. The lowest BCUT2D eigenvalue weighted by molar-refractivity contribution is 1.17. The van der Waals surface area contributed by atoms with Crippen LogP contribution in [0, 0.1) is 6.57 Å². The predicted octanol–water partition coefficient (Wildman–Crippen LogP) is 10.1. The third kappa shape index (κ3) is 3.17. The van der Waals surface area contributed by atoms with Crippen molar-refractivity contribution in [2.24, 2.45) is 0 Å². The van der Waals surface area contributed by atoms with Crippen LogP contribution in [0.1, 0.15) is 0 Å². The number of hydrogen-bond acceptors (Lipinski definition) is 0. The summed E-state index contributed by atoms with van der Waals surface area (Å²) < 4.78 is 4.64. The number of nitrogens with zero attached hydrogens (tertiary/aromatic N) is 3. The molecule has 0 saturated heterocycles. The van der Waals surface area contributed by atoms with Crippen molar-refractivity contribution in [3.8, 4) is 22.5 Å². The molecule has 0 bridgehead atoms. The van der Waals surface area contributed by atoms with Gasteiger partial charge in [-0.25, -0.2) is 4.85 Å². The molecule has 8 rings (SSSR count). The number of benzene rings is 6. The van der Waals surface area contributed by atoms with Gasteiger partial charge in [-0.05, 0) is 53.6 Å². The number of fused-ring (bicyclic) bond motifs is 6. The lowest BCUT2D eigenvalue weighted by Gasteiger charge is -2.17. The fourth-order valence-electron chi connectivity index (χ4n) is 6.26. The average molecular weight is 510 g/mol. The Morgan fingerprint density at radius 3 is 1.40 bits per heavy atom. The lowest BCUT2D eigenvalue weighted by Crippen LogP contribution is -1.98. The van der Waals surface area contributed by atoms with Crippen molar-refractivity contribution in [3.05, 3.63) is 151 Å². The Balaban J connectivity index is 1.43. The van der Waals surface area contributed by atoms with Crippen molar-refractivity contribution < 1.29 is 0 Å². The Labute approximate surface area is 231 Å². The molecule has 186 valence electrons. The van der Waals surface area contributed by atoms with E-state index in [1.54, 1.807) is 0 Å². The van der Waals surface area contributed by atoms with Gasteiger partial charge in [0.05, 0.1) is 34.3 Å². The minimum Gasteiger partial charge on any atom is -0.309 e. The molecule has 0 aliphatic carbocycles. The second-order valence-electron chi connectivity index (χ2n) is 10.1. The molecule has 40 heavy (non-hydrogen) atoms. The fourth-order valence-corrected chi connectivity index (χ4v) is 6.26. The molecule has 0 fully saturated rings. The second kappa shape index (κ2) is 8.73. The molecule has 0 aliphatic rings. The van der Waals surface area contributed by atoms with Crippen LogP contribution in [0.2, 0.25) is 0 Å². The first kappa shape index (κ1) is 22.4. The van der Waals surface area contributed by atoms with Crippen LogP contribution in [0.3, 0.4) is 0 Å². The fraction of sp³-hybridized carbons (Fsp3) is 0. The molecule has 0 atom stereocenters. The summed E-state index contributed by atoms with van der Waals surface area (Å²) in [6.07, 6.45) is 0. The summed E-state index contributed by atoms with van der Waals surface area (Å²) in [6.45, 7) is 8.06. The molecule has 0 spiro atoms. The molecule has 0 aliphatic heterocycles. The highest BCUT2D eigenvalue weighted by Gasteiger charge is 2.18. The standard InChI is InChI=1S/C37H23N3/c1-38-32-23-22-25(39-33-17-7-2-12-26(33)27-13-3-8-18-34(27)39)24-31(32)30-16-6-11-21-37(30)40-35-19-9-4-14-28(35)29-15-5-10-20-36(29)40/h2-24H. The third-order valence-corrected chi connectivity index (χ3v) is 7.95. The van der Waals surface area contributed by atoms with Gasteiger partial charge in [0.1, 0.15) is 0 Å². The Morgan fingerprint density at radius 1 is 0.425 bits per heavy atom. The van der Waals surface area contributed by atoms with Crippen LogP contribution in [0.15, 0.2) is 140 Å². The summed E-state index contributed by atoms with van der Waals surface area (Å²) in [4.78, 5) is 3.97. The minimum atomic E-state index is 0.637. The van der Waals surface area contributed by atoms with Gasteiger partial charge in [-0.3, -0.25) is 0 Å². The van der Waals surface area contributed by atoms with Crippen LogP contribution < -0.4 is 0 Å². The van der Waals surface area contributed by atoms with E-state index < -0.39 is 0 Å². The van der Waals surface area contributed by atoms with Crippen LogP contribution in [0.25, 0.3) is 71.0 Å². The summed E-state index contributed by atoms with van der Waals surface area (Å²) in [5.74, 6) is 0. The molecular formula is C37H23N3. The van der Waals surface area contributed by atoms with Crippen molar-refractivity contribution in [3.63, 3.8) is 0 Å². The highest BCUT2D eigenvalue weighted by molar-refractivity contribution is 6.11. The SMILES string of the molecule is [C-]#[N+]c1ccc(-n2c3ccccc3c3ccccc32)cc1-c1ccccc1-n1c2ccccc2c2ccccc21. The van der Waals surface area contributed by atoms with E-state index in [-0.39, 0.29) is 0 Å². The van der Waals surface area contributed by atoms with Crippen LogP contribution in [0.4, 0.5) is 5.69 Å². The number of rotatable bonds is 3. The average Bonchev–Trinajstić information content (AvgIpc) is 3.54. The van der Waals surface area contributed by atoms with Gasteiger partial charge in [-0.2, -0.15) is 0 Å². The lowest BCUT2D eigenvalue weighted by atomic mass is 10.0. The van der Waals surface area contributed by atoms with Gasteiger partial charge < -0.3 is 9.13 Å². The van der Waals surface area contributed by atoms with Gasteiger partial charge in [-0.1, -0.05) is 97.1 Å². The topological polar surface area (TPSA) is 14.2 Å². The molecule has 8 aromatic rings. The quantitative estimate of drug-likeness (QED) is 0.210. The van der Waals surface area contributed by atoms with Crippen LogP contribution in [-0.2, 0) is 0 Å². The van der Waals surface area contributed by atoms with E-state index in [4.69, 9.17) is 6.57 Å². The predicted molar refractivity (Wildman–Crippen MR) is 167 cm³/mol. The normalized spacial score (nSPS) is 11.5. The third-order valence-electron chi connectivity index (χ3n) is 7.95. The summed E-state index contributed by atoms with van der Waals surface area (Å²) in [7, 11) is 0. The van der Waals surface area contributed by atoms with Gasteiger partial charge in [0, 0.05) is 27.2 Å². The molecule has 0 N–H and O–H groups in total. The minimum absolute atomic E-state index is 0.637. The molecule has 0 amide bonds. The Kier molecular flexibility index (Phi) is 4.89. The zero-order valence-electron chi connectivity index (χ0n) is 21.6. The first-order valence-corrected chi connectivity index (χ1v) is 13.4. The van der Waals surface area contributed by atoms with Gasteiger partial charge >= 0.3 is 0 Å². The maximum atomic E-state index is 8.06. The monoisotopic (exact) mass is 509 g/mol. The van der Waals surface area contributed by atoms with Gasteiger partial charge in [0.15, 0.2) is 5.69 Å².